The van der Waals surface area contributed by atoms with E-state index in [-0.39, 0.29) is 0 Å². The number of hydrogen-bond acceptors (Lipinski definition) is 6. The molecule has 1 saturated heterocycles. The summed E-state index contributed by atoms with van der Waals surface area (Å²) in [6.07, 6.45) is 1.35. The fourth-order valence-corrected chi connectivity index (χ4v) is 3.34. The van der Waals surface area contributed by atoms with Crippen LogP contribution in [-0.4, -0.2) is 33.3 Å². The van der Waals surface area contributed by atoms with E-state index in [2.05, 4.69) is 6.58 Å². The molecule has 8 heteroatoms. The fourth-order valence-electron chi connectivity index (χ4n) is 0.922. The van der Waals surface area contributed by atoms with Crippen molar-refractivity contribution in [3.05, 3.63) is 12.7 Å². The van der Waals surface area contributed by atoms with Crippen LogP contribution in [0.3, 0.4) is 0 Å². The van der Waals surface area contributed by atoms with E-state index in [0.717, 1.165) is 0 Å². The highest BCUT2D eigenvalue weighted by Crippen LogP contribution is 2.58. The van der Waals surface area contributed by atoms with Gasteiger partial charge in [-0.1, -0.05) is 12.7 Å². The van der Waals surface area contributed by atoms with Gasteiger partial charge in [0.15, 0.2) is 5.85 Å². The third-order valence-electron chi connectivity index (χ3n) is 1.69. The SMILES string of the molecule is C=CC(OP1OCCO1)P(=O)(OC)OC. The van der Waals surface area contributed by atoms with Crippen LogP contribution in [0.2, 0.25) is 0 Å². The summed E-state index contributed by atoms with van der Waals surface area (Å²) in [5, 5.41) is 0. The lowest BCUT2D eigenvalue weighted by atomic mass is 10.7. The van der Waals surface area contributed by atoms with E-state index < -0.39 is 22.0 Å². The van der Waals surface area contributed by atoms with E-state index in [9.17, 15) is 4.57 Å². The van der Waals surface area contributed by atoms with Crippen LogP contribution in [0, 0.1) is 0 Å². The Balaban J connectivity index is 2.61. The zero-order valence-electron chi connectivity index (χ0n) is 8.62. The molecule has 1 atom stereocenters. The van der Waals surface area contributed by atoms with Gasteiger partial charge in [-0.05, 0) is 0 Å². The van der Waals surface area contributed by atoms with Crippen LogP contribution in [0.5, 0.6) is 0 Å². The van der Waals surface area contributed by atoms with Gasteiger partial charge in [-0.25, -0.2) is 0 Å². The molecular formula is C7H14O6P2. The molecular weight excluding hydrogens is 242 g/mol. The molecule has 0 saturated carbocycles. The predicted octanol–water partition coefficient (Wildman–Crippen LogP) is 2.27. The van der Waals surface area contributed by atoms with Gasteiger partial charge in [0.05, 0.1) is 13.2 Å². The first kappa shape index (κ1) is 13.3. The van der Waals surface area contributed by atoms with Crippen LogP contribution >= 0.6 is 16.2 Å². The van der Waals surface area contributed by atoms with E-state index >= 15 is 0 Å². The highest BCUT2D eigenvalue weighted by molar-refractivity contribution is 7.55. The highest BCUT2D eigenvalue weighted by Gasteiger charge is 2.37. The van der Waals surface area contributed by atoms with Crippen molar-refractivity contribution in [1.82, 2.24) is 0 Å². The molecule has 1 aliphatic heterocycles. The molecule has 1 fully saturated rings. The second-order valence-electron chi connectivity index (χ2n) is 2.53. The predicted molar refractivity (Wildman–Crippen MR) is 55.5 cm³/mol. The Morgan fingerprint density at radius 2 is 1.93 bits per heavy atom. The van der Waals surface area contributed by atoms with Gasteiger partial charge < -0.3 is 18.1 Å². The molecule has 0 bridgehead atoms. The summed E-state index contributed by atoms with van der Waals surface area (Å²) in [5.74, 6) is -0.878. The first-order valence-corrected chi connectivity index (χ1v) is 6.93. The first-order chi connectivity index (χ1) is 7.16. The van der Waals surface area contributed by atoms with Crippen LogP contribution in [0.25, 0.3) is 0 Å². The third-order valence-corrected chi connectivity index (χ3v) is 5.00. The zero-order chi connectivity index (χ0) is 11.3. The van der Waals surface area contributed by atoms with E-state index in [1.54, 1.807) is 0 Å². The molecule has 6 nitrogen and oxygen atoms in total. The van der Waals surface area contributed by atoms with Gasteiger partial charge in [-0.15, -0.1) is 0 Å². The summed E-state index contributed by atoms with van der Waals surface area (Å²) in [5.41, 5.74) is 0. The molecule has 1 rings (SSSR count). The molecule has 1 heterocycles. The molecule has 0 amide bonds. The van der Waals surface area contributed by atoms with E-state index in [0.29, 0.717) is 13.2 Å². The minimum atomic E-state index is -3.33. The van der Waals surface area contributed by atoms with Crippen molar-refractivity contribution in [2.24, 2.45) is 0 Å². The van der Waals surface area contributed by atoms with Gasteiger partial charge in [-0.3, -0.25) is 9.09 Å². The van der Waals surface area contributed by atoms with Crippen LogP contribution in [0.15, 0.2) is 12.7 Å². The zero-order valence-corrected chi connectivity index (χ0v) is 10.4. The van der Waals surface area contributed by atoms with Crippen molar-refractivity contribution in [1.29, 1.82) is 0 Å². The van der Waals surface area contributed by atoms with E-state index in [1.807, 2.05) is 0 Å². The Bertz CT molecular complexity index is 244. The molecule has 0 aromatic rings. The van der Waals surface area contributed by atoms with Gasteiger partial charge >= 0.3 is 16.2 Å². The largest absolute Gasteiger partial charge is 0.363 e. The topological polar surface area (TPSA) is 63.2 Å². The minimum absolute atomic E-state index is 0.472. The van der Waals surface area contributed by atoms with Gasteiger partial charge in [0, 0.05) is 14.2 Å². The lowest BCUT2D eigenvalue weighted by molar-refractivity contribution is 0.192. The molecule has 0 aromatic heterocycles. The van der Waals surface area contributed by atoms with Gasteiger partial charge in [0.2, 0.25) is 0 Å². The third kappa shape index (κ3) is 3.33. The first-order valence-electron chi connectivity index (χ1n) is 4.22. The second-order valence-corrected chi connectivity index (χ2v) is 6.02. The second kappa shape index (κ2) is 6.06. The van der Waals surface area contributed by atoms with Crippen molar-refractivity contribution in [3.8, 4) is 0 Å². The maximum atomic E-state index is 11.9. The standard InChI is InChI=1S/C7H14O6P2/c1-4-7(15(8,9-2)10-3)13-14-11-5-6-12-14/h4,7H,1,5-6H2,2-3H3. The Hall–Kier alpha value is 0.200. The average molecular weight is 256 g/mol. The maximum Gasteiger partial charge on any atom is 0.363 e. The highest BCUT2D eigenvalue weighted by atomic mass is 31.2. The summed E-state index contributed by atoms with van der Waals surface area (Å²) in [7, 11) is -2.23. The smallest absolute Gasteiger partial charge is 0.310 e. The maximum absolute atomic E-state index is 11.9. The molecule has 0 radical (unpaired) electrons. The van der Waals surface area contributed by atoms with E-state index in [1.165, 1.54) is 20.3 Å². The van der Waals surface area contributed by atoms with Crippen molar-refractivity contribution in [2.45, 2.75) is 5.85 Å². The minimum Gasteiger partial charge on any atom is -0.310 e. The summed E-state index contributed by atoms with van der Waals surface area (Å²) >= 11 is 0. The van der Waals surface area contributed by atoms with Gasteiger partial charge in [0.25, 0.3) is 0 Å². The van der Waals surface area contributed by atoms with Crippen LogP contribution in [0.4, 0.5) is 0 Å². The molecule has 15 heavy (non-hydrogen) atoms. The summed E-state index contributed by atoms with van der Waals surface area (Å²) < 4.78 is 37.0. The van der Waals surface area contributed by atoms with Crippen molar-refractivity contribution < 1.29 is 27.2 Å². The quantitative estimate of drug-likeness (QED) is 0.536. The molecule has 1 aliphatic rings. The van der Waals surface area contributed by atoms with Gasteiger partial charge in [0.1, 0.15) is 0 Å². The summed E-state index contributed by atoms with van der Waals surface area (Å²) in [6, 6.07) is 0. The van der Waals surface area contributed by atoms with Crippen LogP contribution in [-0.2, 0) is 27.2 Å². The summed E-state index contributed by atoms with van der Waals surface area (Å²) in [6.45, 7) is 4.45. The number of rotatable bonds is 6. The molecule has 0 aromatic carbocycles. The van der Waals surface area contributed by atoms with E-state index in [4.69, 9.17) is 22.6 Å². The lowest BCUT2D eigenvalue weighted by Gasteiger charge is -2.22. The molecule has 88 valence electrons. The van der Waals surface area contributed by atoms with Crippen LogP contribution < -0.4 is 0 Å². The molecule has 1 unspecified atom stereocenters. The van der Waals surface area contributed by atoms with Crippen molar-refractivity contribution in [2.75, 3.05) is 27.4 Å². The van der Waals surface area contributed by atoms with Crippen molar-refractivity contribution >= 4 is 16.2 Å². The Morgan fingerprint density at radius 3 is 2.33 bits per heavy atom. The molecule has 0 aliphatic carbocycles. The number of hydrogen-bond donors (Lipinski definition) is 0. The average Bonchev–Trinajstić information content (AvgIpc) is 2.77. The fraction of sp³-hybridized carbons (Fsp3) is 0.714. The lowest BCUT2D eigenvalue weighted by Crippen LogP contribution is -2.10. The van der Waals surface area contributed by atoms with Crippen molar-refractivity contribution in [3.63, 3.8) is 0 Å². The Labute approximate surface area is 90.0 Å². The Kier molecular flexibility index (Phi) is 5.36. The van der Waals surface area contributed by atoms with Crippen LogP contribution in [0.1, 0.15) is 0 Å². The summed E-state index contributed by atoms with van der Waals surface area (Å²) in [4.78, 5) is 0. The molecule has 0 spiro atoms. The Morgan fingerprint density at radius 1 is 1.40 bits per heavy atom. The van der Waals surface area contributed by atoms with Gasteiger partial charge in [-0.2, -0.15) is 0 Å². The normalized spacial score (nSPS) is 20.4. The molecule has 0 N–H and O–H groups in total. The monoisotopic (exact) mass is 256 g/mol.